The number of hydrogen-bond donors (Lipinski definition) is 2. The normalized spacial score (nSPS) is 29.5. The molecule has 2 N–H and O–H groups in total. The highest BCUT2D eigenvalue weighted by Gasteiger charge is 2.38. The third kappa shape index (κ3) is 3.21. The zero-order valence-electron chi connectivity index (χ0n) is 13.1. The molecule has 6 heteroatoms. The first-order valence-corrected chi connectivity index (χ1v) is 8.14. The summed E-state index contributed by atoms with van der Waals surface area (Å²) in [5, 5.41) is 21.0. The van der Waals surface area contributed by atoms with Gasteiger partial charge in [0.15, 0.2) is 0 Å². The molecule has 2 aliphatic rings. The van der Waals surface area contributed by atoms with Crippen molar-refractivity contribution in [2.45, 2.75) is 51.0 Å². The second-order valence-electron chi connectivity index (χ2n) is 6.74. The number of carbonyl (C=O) groups excluding carboxylic acids is 1. The summed E-state index contributed by atoms with van der Waals surface area (Å²) in [6.45, 7) is 3.25. The lowest BCUT2D eigenvalue weighted by molar-refractivity contribution is -0.134. The van der Waals surface area contributed by atoms with Gasteiger partial charge in [0.05, 0.1) is 12.7 Å². The molecule has 1 amide bonds. The van der Waals surface area contributed by atoms with Gasteiger partial charge in [-0.1, -0.05) is 12.5 Å². The van der Waals surface area contributed by atoms with Crippen LogP contribution in [0.4, 0.5) is 0 Å². The first-order chi connectivity index (χ1) is 10.6. The van der Waals surface area contributed by atoms with E-state index in [9.17, 15) is 9.90 Å². The lowest BCUT2D eigenvalue weighted by atomic mass is 9.86. The smallest absolute Gasteiger partial charge is 0.246 e. The largest absolute Gasteiger partial charge is 0.382 e. The van der Waals surface area contributed by atoms with E-state index >= 15 is 0 Å². The molecule has 120 valence electrons. The Morgan fingerprint density at radius 2 is 2.27 bits per heavy atom. The van der Waals surface area contributed by atoms with Gasteiger partial charge in [-0.3, -0.25) is 4.79 Å². The van der Waals surface area contributed by atoms with Crippen molar-refractivity contribution in [1.29, 1.82) is 0 Å². The molecule has 1 saturated carbocycles. The molecule has 1 aliphatic carbocycles. The van der Waals surface area contributed by atoms with Crippen LogP contribution in [0.25, 0.3) is 0 Å². The van der Waals surface area contributed by atoms with E-state index in [2.05, 4.69) is 22.3 Å². The number of piperidine rings is 1. The third-order valence-electron chi connectivity index (χ3n) is 4.92. The highest BCUT2D eigenvalue weighted by Crippen LogP contribution is 2.31. The van der Waals surface area contributed by atoms with E-state index in [4.69, 9.17) is 0 Å². The summed E-state index contributed by atoms with van der Waals surface area (Å²) >= 11 is 0. The van der Waals surface area contributed by atoms with E-state index in [1.54, 1.807) is 11.0 Å². The summed E-state index contributed by atoms with van der Waals surface area (Å²) in [4.78, 5) is 14.2. The summed E-state index contributed by atoms with van der Waals surface area (Å²) in [5.74, 6) is 0.783. The van der Waals surface area contributed by atoms with Crippen LogP contribution in [-0.2, 0) is 10.4 Å². The molecule has 1 aliphatic heterocycles. The molecular formula is C16H24N4O2. The zero-order valence-corrected chi connectivity index (χ0v) is 13.1. The number of allylic oxidation sites excluding steroid dienone is 1. The predicted octanol–water partition coefficient (Wildman–Crippen LogP) is 1.75. The SMILES string of the molecule is CC1CCC(=CC(=O)N2CCC[C@](O)(c3cn[nH]n3)C2)CC1. The van der Waals surface area contributed by atoms with E-state index in [1.807, 2.05) is 0 Å². The maximum Gasteiger partial charge on any atom is 0.246 e. The summed E-state index contributed by atoms with van der Waals surface area (Å²) in [6, 6.07) is 0. The molecule has 6 nitrogen and oxygen atoms in total. The minimum atomic E-state index is -1.08. The van der Waals surface area contributed by atoms with Gasteiger partial charge in [0.1, 0.15) is 11.3 Å². The first kappa shape index (κ1) is 15.2. The Balaban J connectivity index is 1.67. The zero-order chi connectivity index (χ0) is 15.6. The fourth-order valence-corrected chi connectivity index (χ4v) is 3.40. The lowest BCUT2D eigenvalue weighted by Gasteiger charge is -2.37. The molecule has 1 saturated heterocycles. The number of aromatic amines is 1. The molecule has 0 aromatic carbocycles. The lowest BCUT2D eigenvalue weighted by Crippen LogP contribution is -2.48. The Morgan fingerprint density at radius 3 is 2.95 bits per heavy atom. The Labute approximate surface area is 130 Å². The predicted molar refractivity (Wildman–Crippen MR) is 81.8 cm³/mol. The second kappa shape index (κ2) is 6.20. The average Bonchev–Trinajstić information content (AvgIpc) is 3.05. The summed E-state index contributed by atoms with van der Waals surface area (Å²) in [6.07, 6.45) is 9.09. The number of hydrogen-bond acceptors (Lipinski definition) is 4. The number of H-pyrrole nitrogens is 1. The van der Waals surface area contributed by atoms with Crippen LogP contribution in [0.5, 0.6) is 0 Å². The van der Waals surface area contributed by atoms with Gasteiger partial charge in [0, 0.05) is 12.6 Å². The topological polar surface area (TPSA) is 82.1 Å². The molecule has 0 radical (unpaired) electrons. The highest BCUT2D eigenvalue weighted by atomic mass is 16.3. The molecule has 0 bridgehead atoms. The van der Waals surface area contributed by atoms with Crippen molar-refractivity contribution < 1.29 is 9.90 Å². The summed E-state index contributed by atoms with van der Waals surface area (Å²) in [7, 11) is 0. The molecule has 2 fully saturated rings. The number of nitrogens with one attached hydrogen (secondary N) is 1. The molecular weight excluding hydrogens is 280 g/mol. The van der Waals surface area contributed by atoms with Crippen LogP contribution in [0.1, 0.15) is 51.1 Å². The molecule has 1 aromatic heterocycles. The van der Waals surface area contributed by atoms with Crippen LogP contribution in [0.2, 0.25) is 0 Å². The van der Waals surface area contributed by atoms with Crippen LogP contribution in [-0.4, -0.2) is 44.4 Å². The Hall–Kier alpha value is -1.69. The standard InChI is InChI=1S/C16H24N4O2/c1-12-3-5-13(6-4-12)9-15(21)20-8-2-7-16(22,11-20)14-10-17-19-18-14/h9-10,12,22H,2-8,11H2,1H3,(H,17,18,19)/t12?,16-/m1/s1. The van der Waals surface area contributed by atoms with Gasteiger partial charge in [-0.15, -0.1) is 0 Å². The molecule has 3 rings (SSSR count). The molecule has 2 heterocycles. The minimum Gasteiger partial charge on any atom is -0.382 e. The van der Waals surface area contributed by atoms with Crippen LogP contribution in [0.15, 0.2) is 17.8 Å². The Bertz CT molecular complexity index is 545. The van der Waals surface area contributed by atoms with Gasteiger partial charge in [-0.05, 0) is 44.4 Å². The summed E-state index contributed by atoms with van der Waals surface area (Å²) in [5.41, 5.74) is 0.684. The van der Waals surface area contributed by atoms with Crippen molar-refractivity contribution in [2.24, 2.45) is 5.92 Å². The van der Waals surface area contributed by atoms with E-state index in [0.29, 0.717) is 25.2 Å². The monoisotopic (exact) mass is 304 g/mol. The van der Waals surface area contributed by atoms with E-state index < -0.39 is 5.60 Å². The second-order valence-corrected chi connectivity index (χ2v) is 6.74. The van der Waals surface area contributed by atoms with Crippen molar-refractivity contribution in [3.63, 3.8) is 0 Å². The Kier molecular flexibility index (Phi) is 4.29. The number of aliphatic hydroxyl groups is 1. The number of aromatic nitrogens is 3. The van der Waals surface area contributed by atoms with Crippen molar-refractivity contribution in [3.8, 4) is 0 Å². The Morgan fingerprint density at radius 1 is 1.50 bits per heavy atom. The van der Waals surface area contributed by atoms with Crippen molar-refractivity contribution in [1.82, 2.24) is 20.3 Å². The van der Waals surface area contributed by atoms with Gasteiger partial charge >= 0.3 is 0 Å². The quantitative estimate of drug-likeness (QED) is 0.816. The summed E-state index contributed by atoms with van der Waals surface area (Å²) < 4.78 is 0. The molecule has 0 unspecified atom stereocenters. The molecule has 1 aromatic rings. The maximum absolute atomic E-state index is 12.5. The van der Waals surface area contributed by atoms with Crippen molar-refractivity contribution in [3.05, 3.63) is 23.5 Å². The van der Waals surface area contributed by atoms with Gasteiger partial charge < -0.3 is 10.0 Å². The molecule has 1 atom stereocenters. The minimum absolute atomic E-state index is 0.0196. The number of nitrogens with zero attached hydrogens (tertiary/aromatic N) is 3. The number of likely N-dealkylation sites (tertiary alicyclic amines) is 1. The first-order valence-electron chi connectivity index (χ1n) is 8.14. The fourth-order valence-electron chi connectivity index (χ4n) is 3.40. The van der Waals surface area contributed by atoms with Crippen LogP contribution in [0.3, 0.4) is 0 Å². The van der Waals surface area contributed by atoms with Gasteiger partial charge in [0.25, 0.3) is 0 Å². The van der Waals surface area contributed by atoms with E-state index in [-0.39, 0.29) is 5.91 Å². The fraction of sp³-hybridized carbons (Fsp3) is 0.688. The van der Waals surface area contributed by atoms with Crippen molar-refractivity contribution in [2.75, 3.05) is 13.1 Å². The van der Waals surface area contributed by atoms with Gasteiger partial charge in [0.2, 0.25) is 5.91 Å². The third-order valence-corrected chi connectivity index (χ3v) is 4.92. The highest BCUT2D eigenvalue weighted by molar-refractivity contribution is 5.88. The number of carbonyl (C=O) groups is 1. The number of β-amino-alcohol motifs (C(OH)–C–C–N with tert-alkyl or cyclic N) is 1. The number of amides is 1. The van der Waals surface area contributed by atoms with Crippen molar-refractivity contribution >= 4 is 5.91 Å². The maximum atomic E-state index is 12.5. The van der Waals surface area contributed by atoms with Crippen LogP contribution >= 0.6 is 0 Å². The van der Waals surface area contributed by atoms with Gasteiger partial charge in [-0.25, -0.2) is 0 Å². The molecule has 0 spiro atoms. The van der Waals surface area contributed by atoms with Gasteiger partial charge in [-0.2, -0.15) is 15.4 Å². The van der Waals surface area contributed by atoms with E-state index in [0.717, 1.165) is 25.2 Å². The average molecular weight is 304 g/mol. The van der Waals surface area contributed by atoms with Crippen LogP contribution < -0.4 is 0 Å². The number of rotatable bonds is 2. The van der Waals surface area contributed by atoms with E-state index in [1.165, 1.54) is 24.6 Å². The van der Waals surface area contributed by atoms with Crippen LogP contribution in [0, 0.1) is 5.92 Å². The molecule has 22 heavy (non-hydrogen) atoms.